The predicted octanol–water partition coefficient (Wildman–Crippen LogP) is 1.14. The van der Waals surface area contributed by atoms with Crippen LogP contribution in [0.4, 0.5) is 0 Å². The molecule has 126 valence electrons. The summed E-state index contributed by atoms with van der Waals surface area (Å²) in [5, 5.41) is 6.84. The van der Waals surface area contributed by atoms with Crippen LogP contribution >= 0.6 is 11.6 Å². The van der Waals surface area contributed by atoms with Crippen molar-refractivity contribution in [3.05, 3.63) is 40.7 Å². The van der Waals surface area contributed by atoms with Gasteiger partial charge in [0.1, 0.15) is 0 Å². The largest absolute Gasteiger partial charge is 0.411 e. The van der Waals surface area contributed by atoms with Crippen LogP contribution < -0.4 is 4.72 Å². The lowest BCUT2D eigenvalue weighted by molar-refractivity contribution is 0.393. The number of nitrogens with zero attached hydrogens (tertiary/aromatic N) is 2. The molecule has 2 rings (SSSR count). The van der Waals surface area contributed by atoms with Crippen molar-refractivity contribution in [1.29, 1.82) is 0 Å². The van der Waals surface area contributed by atoms with Gasteiger partial charge in [0.15, 0.2) is 0 Å². The van der Waals surface area contributed by atoms with Crippen molar-refractivity contribution in [2.24, 2.45) is 0 Å². The molecular weight excluding hydrogens is 366 g/mol. The molecule has 0 fully saturated rings. The van der Waals surface area contributed by atoms with Gasteiger partial charge in [-0.05, 0) is 24.6 Å². The molecule has 0 aliphatic heterocycles. The number of sulfone groups is 1. The summed E-state index contributed by atoms with van der Waals surface area (Å²) in [4.78, 5) is 0. The Kier molecular flexibility index (Phi) is 5.40. The van der Waals surface area contributed by atoms with Crippen LogP contribution in [-0.2, 0) is 32.2 Å². The Morgan fingerprint density at radius 2 is 1.96 bits per heavy atom. The Hall–Kier alpha value is -1.49. The molecule has 0 saturated heterocycles. The van der Waals surface area contributed by atoms with E-state index < -0.39 is 25.1 Å². The fourth-order valence-corrected chi connectivity index (χ4v) is 3.51. The molecule has 0 aliphatic carbocycles. The summed E-state index contributed by atoms with van der Waals surface area (Å²) in [6, 6.07) is 6.39. The van der Waals surface area contributed by atoms with Gasteiger partial charge in [-0.2, -0.15) is 0 Å². The fraction of sp³-hybridized carbons (Fsp3) is 0.333. The predicted molar refractivity (Wildman–Crippen MR) is 82.9 cm³/mol. The molecule has 0 bridgehead atoms. The highest BCUT2D eigenvalue weighted by Crippen LogP contribution is 2.18. The molecule has 0 radical (unpaired) electrons. The van der Waals surface area contributed by atoms with Crippen LogP contribution in [0.15, 0.2) is 33.9 Å². The average molecular weight is 380 g/mol. The first kappa shape index (κ1) is 17.9. The van der Waals surface area contributed by atoms with Gasteiger partial charge in [0.25, 0.3) is 0 Å². The summed E-state index contributed by atoms with van der Waals surface area (Å²) in [6.45, 7) is 1.20. The summed E-state index contributed by atoms with van der Waals surface area (Å²) in [5.74, 6) is -0.594. The van der Waals surface area contributed by atoms with Gasteiger partial charge in [-0.3, -0.25) is 0 Å². The Morgan fingerprint density at radius 1 is 1.22 bits per heavy atom. The van der Waals surface area contributed by atoms with E-state index in [2.05, 4.69) is 14.9 Å². The quantitative estimate of drug-likeness (QED) is 0.765. The van der Waals surface area contributed by atoms with Gasteiger partial charge in [0.2, 0.25) is 25.8 Å². The van der Waals surface area contributed by atoms with E-state index in [4.69, 9.17) is 16.0 Å². The number of aromatic nitrogens is 2. The number of hydrogen-bond donors (Lipinski definition) is 1. The maximum Gasteiger partial charge on any atom is 0.335 e. The Balaban J connectivity index is 2.12. The van der Waals surface area contributed by atoms with Crippen LogP contribution in [-0.4, -0.2) is 32.8 Å². The lowest BCUT2D eigenvalue weighted by atomic mass is 10.2. The molecule has 0 aliphatic rings. The number of halogens is 1. The summed E-state index contributed by atoms with van der Waals surface area (Å²) >= 11 is 5.81. The van der Waals surface area contributed by atoms with E-state index in [9.17, 15) is 16.8 Å². The van der Waals surface area contributed by atoms with Crippen molar-refractivity contribution in [3.63, 3.8) is 0 Å². The highest BCUT2D eigenvalue weighted by atomic mass is 35.5. The third-order valence-electron chi connectivity index (χ3n) is 2.78. The maximum absolute atomic E-state index is 12.2. The third kappa shape index (κ3) is 4.99. The lowest BCUT2D eigenvalue weighted by Crippen LogP contribution is -2.24. The molecular formula is C12H14ClN3O5S2. The number of rotatable bonds is 7. The summed E-state index contributed by atoms with van der Waals surface area (Å²) < 4.78 is 54.3. The number of sulfonamides is 1. The van der Waals surface area contributed by atoms with Crippen molar-refractivity contribution in [2.45, 2.75) is 24.4 Å². The minimum Gasteiger partial charge on any atom is -0.411 e. The molecule has 2 aromatic rings. The number of benzene rings is 1. The van der Waals surface area contributed by atoms with E-state index in [0.29, 0.717) is 10.6 Å². The smallest absolute Gasteiger partial charge is 0.335 e. The first-order valence-corrected chi connectivity index (χ1v) is 10.2. The van der Waals surface area contributed by atoms with Gasteiger partial charge in [0.05, 0.1) is 18.1 Å². The van der Waals surface area contributed by atoms with Crippen LogP contribution in [0.5, 0.6) is 0 Å². The molecule has 0 unspecified atom stereocenters. The highest BCUT2D eigenvalue weighted by Gasteiger charge is 2.23. The minimum absolute atomic E-state index is 0.110. The van der Waals surface area contributed by atoms with Crippen LogP contribution in [0, 0.1) is 0 Å². The van der Waals surface area contributed by atoms with E-state index >= 15 is 0 Å². The van der Waals surface area contributed by atoms with E-state index in [-0.39, 0.29) is 23.9 Å². The molecule has 0 atom stereocenters. The second-order valence-electron chi connectivity index (χ2n) is 4.58. The maximum atomic E-state index is 12.2. The van der Waals surface area contributed by atoms with Crippen molar-refractivity contribution in [3.8, 4) is 0 Å². The molecule has 8 nitrogen and oxygen atoms in total. The SMILES string of the molecule is CCS(=O)(=O)NCc1nnc(S(=O)(=O)Cc2cccc(Cl)c2)o1. The monoisotopic (exact) mass is 379 g/mol. The van der Waals surface area contributed by atoms with E-state index in [1.165, 1.54) is 13.0 Å². The molecule has 1 N–H and O–H groups in total. The molecule has 23 heavy (non-hydrogen) atoms. The topological polar surface area (TPSA) is 119 Å². The zero-order chi connectivity index (χ0) is 17.1. The first-order chi connectivity index (χ1) is 10.7. The van der Waals surface area contributed by atoms with Crippen molar-refractivity contribution < 1.29 is 21.3 Å². The van der Waals surface area contributed by atoms with Crippen molar-refractivity contribution in [1.82, 2.24) is 14.9 Å². The molecule has 11 heteroatoms. The van der Waals surface area contributed by atoms with Crippen LogP contribution in [0.3, 0.4) is 0 Å². The second kappa shape index (κ2) is 6.95. The Labute approximate surface area is 138 Å². The van der Waals surface area contributed by atoms with Gasteiger partial charge in [-0.1, -0.05) is 28.8 Å². The molecule has 1 heterocycles. The minimum atomic E-state index is -3.84. The number of nitrogens with one attached hydrogen (secondary N) is 1. The van der Waals surface area contributed by atoms with Gasteiger partial charge < -0.3 is 4.42 Å². The lowest BCUT2D eigenvalue weighted by Gasteiger charge is -2.01. The molecule has 1 aromatic carbocycles. The van der Waals surface area contributed by atoms with Crippen LogP contribution in [0.2, 0.25) is 5.02 Å². The van der Waals surface area contributed by atoms with Gasteiger partial charge in [-0.25, -0.2) is 21.6 Å². The second-order valence-corrected chi connectivity index (χ2v) is 8.97. The number of hydrogen-bond acceptors (Lipinski definition) is 7. The van der Waals surface area contributed by atoms with E-state index in [1.54, 1.807) is 18.2 Å². The average Bonchev–Trinajstić information content (AvgIpc) is 2.95. The van der Waals surface area contributed by atoms with Gasteiger partial charge >= 0.3 is 5.22 Å². The summed E-state index contributed by atoms with van der Waals surface area (Å²) in [7, 11) is -7.28. The Morgan fingerprint density at radius 3 is 2.61 bits per heavy atom. The normalized spacial score (nSPS) is 12.4. The summed E-state index contributed by atoms with van der Waals surface area (Å²) in [6.07, 6.45) is 0. The van der Waals surface area contributed by atoms with E-state index in [1.807, 2.05) is 0 Å². The van der Waals surface area contributed by atoms with E-state index in [0.717, 1.165) is 0 Å². The molecule has 0 saturated carbocycles. The molecule has 0 amide bonds. The summed E-state index contributed by atoms with van der Waals surface area (Å²) in [5.41, 5.74) is 0.476. The highest BCUT2D eigenvalue weighted by molar-refractivity contribution is 7.90. The molecule has 1 aromatic heterocycles. The van der Waals surface area contributed by atoms with Crippen molar-refractivity contribution in [2.75, 3.05) is 5.75 Å². The van der Waals surface area contributed by atoms with Crippen molar-refractivity contribution >= 4 is 31.5 Å². The van der Waals surface area contributed by atoms with Gasteiger partial charge in [0, 0.05) is 5.02 Å². The standard InChI is InChI=1S/C12H14ClN3O5S2/c1-2-23(19,20)14-7-11-15-16-12(21-11)22(17,18)8-9-4-3-5-10(13)6-9/h3-6,14H,2,7-8H2,1H3. The fourth-order valence-electron chi connectivity index (χ4n) is 1.62. The zero-order valence-corrected chi connectivity index (χ0v) is 14.4. The van der Waals surface area contributed by atoms with Crippen LogP contribution in [0.1, 0.15) is 18.4 Å². The Bertz CT molecular complexity index is 893. The zero-order valence-electron chi connectivity index (χ0n) is 12.1. The first-order valence-electron chi connectivity index (χ1n) is 6.49. The van der Waals surface area contributed by atoms with Gasteiger partial charge in [-0.15, -0.1) is 5.10 Å². The third-order valence-corrected chi connectivity index (χ3v) is 5.77. The van der Waals surface area contributed by atoms with Crippen LogP contribution in [0.25, 0.3) is 0 Å². The molecule has 0 spiro atoms.